The van der Waals surface area contributed by atoms with Crippen LogP contribution in [0.4, 0.5) is 17.6 Å². The molecule has 0 bridgehead atoms. The van der Waals surface area contributed by atoms with Crippen molar-refractivity contribution in [3.63, 3.8) is 0 Å². The summed E-state index contributed by atoms with van der Waals surface area (Å²) in [5.74, 6) is -1.97. The van der Waals surface area contributed by atoms with Crippen molar-refractivity contribution in [2.24, 2.45) is 0 Å². The quantitative estimate of drug-likeness (QED) is 0.244. The highest BCUT2D eigenvalue weighted by molar-refractivity contribution is 5.95. The van der Waals surface area contributed by atoms with E-state index >= 15 is 0 Å². The van der Waals surface area contributed by atoms with E-state index in [1.165, 1.54) is 12.4 Å². The number of nitrogens with zero attached hydrogens (tertiary/aromatic N) is 2. The number of H-pyrrole nitrogens is 1. The Labute approximate surface area is 228 Å². The Morgan fingerprint density at radius 1 is 1.15 bits per heavy atom. The number of hydrogen-bond acceptors (Lipinski definition) is 4. The lowest BCUT2D eigenvalue weighted by Gasteiger charge is -2.14. The molecule has 0 aliphatic heterocycles. The predicted octanol–water partition coefficient (Wildman–Crippen LogP) is 6.08. The Balaban J connectivity index is 1.71. The number of benzene rings is 1. The number of fused-ring (bicyclic) bond motifs is 1. The van der Waals surface area contributed by atoms with Gasteiger partial charge in [0.05, 0.1) is 11.2 Å². The second-order valence-corrected chi connectivity index (χ2v) is 9.94. The zero-order valence-electron chi connectivity index (χ0n) is 22.6. The van der Waals surface area contributed by atoms with Crippen LogP contribution < -0.4 is 15.6 Å². The minimum Gasteiger partial charge on any atom is -0.481 e. The van der Waals surface area contributed by atoms with Crippen LogP contribution in [0.3, 0.4) is 0 Å². The van der Waals surface area contributed by atoms with E-state index in [0.717, 1.165) is 29.8 Å². The number of nitrogens with one attached hydrogen (secondary N) is 2. The van der Waals surface area contributed by atoms with Gasteiger partial charge in [-0.15, -0.1) is 0 Å². The van der Waals surface area contributed by atoms with Crippen molar-refractivity contribution in [1.82, 2.24) is 19.7 Å². The van der Waals surface area contributed by atoms with Crippen LogP contribution in [0.1, 0.15) is 66.1 Å². The van der Waals surface area contributed by atoms with Gasteiger partial charge in [0.2, 0.25) is 0 Å². The van der Waals surface area contributed by atoms with Crippen LogP contribution in [0.25, 0.3) is 16.6 Å². The number of aromatic nitrogens is 3. The van der Waals surface area contributed by atoms with Gasteiger partial charge >= 0.3 is 6.18 Å². The highest BCUT2D eigenvalue weighted by atomic mass is 19.4. The first kappa shape index (κ1) is 28.8. The molecule has 4 rings (SSSR count). The monoisotopic (exact) mass is 558 g/mol. The highest BCUT2D eigenvalue weighted by Crippen LogP contribution is 2.31. The Kier molecular flexibility index (Phi) is 8.32. The summed E-state index contributed by atoms with van der Waals surface area (Å²) in [6.45, 7) is 6.08. The van der Waals surface area contributed by atoms with Crippen LogP contribution in [-0.4, -0.2) is 33.1 Å². The molecular formula is C29H30F4N4O3. The zero-order chi connectivity index (χ0) is 29.2. The minimum absolute atomic E-state index is 0.00110. The maximum atomic E-state index is 14.7. The molecule has 3 aromatic heterocycles. The van der Waals surface area contributed by atoms with E-state index < -0.39 is 30.3 Å². The molecule has 0 unspecified atom stereocenters. The third-order valence-electron chi connectivity index (χ3n) is 6.42. The standard InChI is InChI=1S/C29H30F4N4O3/c1-5-6-19-9-17(4)36-27(38)21(19)13-34-28(39)24-12-20(11-23-26(16(2)3)35-15-37(23)24)18-7-8-25(22(30)10-18)40-14-29(31,32)33/h7-12,15-16H,5-6,13-14H2,1-4H3,(H,34,39)(H,36,38). The summed E-state index contributed by atoms with van der Waals surface area (Å²) in [6.07, 6.45) is -1.56. The fourth-order valence-corrected chi connectivity index (χ4v) is 4.59. The van der Waals surface area contributed by atoms with Gasteiger partial charge in [0.15, 0.2) is 18.2 Å². The Hall–Kier alpha value is -4.15. The molecule has 0 saturated heterocycles. The average Bonchev–Trinajstić information content (AvgIpc) is 3.31. The van der Waals surface area contributed by atoms with Crippen molar-refractivity contribution < 1.29 is 27.1 Å². The molecule has 0 radical (unpaired) electrons. The molecular weight excluding hydrogens is 528 g/mol. The van der Waals surface area contributed by atoms with E-state index in [1.54, 1.807) is 23.5 Å². The van der Waals surface area contributed by atoms with Gasteiger partial charge in [-0.05, 0) is 66.3 Å². The number of rotatable bonds is 9. The first-order valence-corrected chi connectivity index (χ1v) is 12.9. The summed E-state index contributed by atoms with van der Waals surface area (Å²) in [5, 5.41) is 2.83. The third-order valence-corrected chi connectivity index (χ3v) is 6.42. The van der Waals surface area contributed by atoms with E-state index in [0.29, 0.717) is 34.3 Å². The fourth-order valence-electron chi connectivity index (χ4n) is 4.59. The average molecular weight is 559 g/mol. The number of carbonyl (C=O) groups is 1. The highest BCUT2D eigenvalue weighted by Gasteiger charge is 2.29. The number of pyridine rings is 2. The molecule has 0 aliphatic carbocycles. The molecule has 3 heterocycles. The number of carbonyl (C=O) groups excluding carboxylic acids is 1. The van der Waals surface area contributed by atoms with Crippen LogP contribution in [-0.2, 0) is 13.0 Å². The molecule has 0 spiro atoms. The topological polar surface area (TPSA) is 88.5 Å². The van der Waals surface area contributed by atoms with E-state index in [4.69, 9.17) is 0 Å². The Bertz CT molecular complexity index is 1610. The summed E-state index contributed by atoms with van der Waals surface area (Å²) < 4.78 is 58.4. The van der Waals surface area contributed by atoms with Crippen molar-refractivity contribution in [1.29, 1.82) is 0 Å². The van der Waals surface area contributed by atoms with E-state index in [1.807, 2.05) is 26.8 Å². The van der Waals surface area contributed by atoms with Gasteiger partial charge in [0, 0.05) is 17.8 Å². The van der Waals surface area contributed by atoms with Crippen LogP contribution in [0, 0.1) is 12.7 Å². The zero-order valence-corrected chi connectivity index (χ0v) is 22.6. The lowest BCUT2D eigenvalue weighted by atomic mass is 10.0. The van der Waals surface area contributed by atoms with E-state index in [2.05, 4.69) is 20.0 Å². The van der Waals surface area contributed by atoms with Gasteiger partial charge in [0.25, 0.3) is 11.5 Å². The van der Waals surface area contributed by atoms with E-state index in [9.17, 15) is 27.2 Å². The maximum Gasteiger partial charge on any atom is 0.422 e. The molecule has 40 heavy (non-hydrogen) atoms. The van der Waals surface area contributed by atoms with Crippen LogP contribution in [0.15, 0.2) is 47.5 Å². The van der Waals surface area contributed by atoms with Crippen LogP contribution in [0.2, 0.25) is 0 Å². The SMILES string of the molecule is CCCc1cc(C)[nH]c(=O)c1CNC(=O)c1cc(-c2ccc(OCC(F)(F)F)c(F)c2)cc2c(C(C)C)ncn12. The minimum atomic E-state index is -4.60. The van der Waals surface area contributed by atoms with Crippen molar-refractivity contribution in [2.45, 2.75) is 59.2 Å². The second kappa shape index (κ2) is 11.5. The number of ether oxygens (including phenoxy) is 1. The largest absolute Gasteiger partial charge is 0.481 e. The molecule has 11 heteroatoms. The fraction of sp³-hybridized carbons (Fsp3) is 0.345. The molecule has 1 amide bonds. The molecule has 212 valence electrons. The van der Waals surface area contributed by atoms with Crippen molar-refractivity contribution >= 4 is 11.4 Å². The molecule has 1 aromatic carbocycles. The van der Waals surface area contributed by atoms with Gasteiger partial charge in [-0.1, -0.05) is 33.3 Å². The van der Waals surface area contributed by atoms with Crippen LogP contribution in [0.5, 0.6) is 5.75 Å². The van der Waals surface area contributed by atoms with E-state index in [-0.39, 0.29) is 23.7 Å². The first-order valence-electron chi connectivity index (χ1n) is 12.9. The number of aryl methyl sites for hydroxylation is 2. The normalized spacial score (nSPS) is 11.8. The summed E-state index contributed by atoms with van der Waals surface area (Å²) >= 11 is 0. The van der Waals surface area contributed by atoms with Crippen molar-refractivity contribution in [3.05, 3.63) is 87.1 Å². The van der Waals surface area contributed by atoms with Gasteiger partial charge in [-0.3, -0.25) is 14.0 Å². The molecule has 0 aliphatic rings. The molecule has 0 fully saturated rings. The number of aromatic amines is 1. The number of alkyl halides is 3. The first-order chi connectivity index (χ1) is 18.9. The molecule has 4 aromatic rings. The van der Waals surface area contributed by atoms with Crippen molar-refractivity contribution in [2.75, 3.05) is 6.61 Å². The summed E-state index contributed by atoms with van der Waals surface area (Å²) in [6, 6.07) is 8.80. The number of hydrogen-bond donors (Lipinski definition) is 2. The number of imidazole rings is 1. The number of amides is 1. The predicted molar refractivity (Wildman–Crippen MR) is 143 cm³/mol. The van der Waals surface area contributed by atoms with Gasteiger partial charge in [0.1, 0.15) is 12.0 Å². The van der Waals surface area contributed by atoms with Gasteiger partial charge < -0.3 is 15.0 Å². The summed E-state index contributed by atoms with van der Waals surface area (Å²) in [5.41, 5.74) is 4.12. The lowest BCUT2D eigenvalue weighted by molar-refractivity contribution is -0.153. The lowest BCUT2D eigenvalue weighted by Crippen LogP contribution is -2.29. The van der Waals surface area contributed by atoms with Gasteiger partial charge in [-0.2, -0.15) is 13.2 Å². The Morgan fingerprint density at radius 3 is 2.55 bits per heavy atom. The smallest absolute Gasteiger partial charge is 0.422 e. The third kappa shape index (κ3) is 6.35. The number of halogens is 4. The Morgan fingerprint density at radius 2 is 1.90 bits per heavy atom. The molecule has 0 saturated carbocycles. The molecule has 2 N–H and O–H groups in total. The molecule has 7 nitrogen and oxygen atoms in total. The molecule has 0 atom stereocenters. The van der Waals surface area contributed by atoms with Crippen molar-refractivity contribution in [3.8, 4) is 16.9 Å². The van der Waals surface area contributed by atoms with Gasteiger partial charge in [-0.25, -0.2) is 9.37 Å². The summed E-state index contributed by atoms with van der Waals surface area (Å²) in [4.78, 5) is 33.3. The summed E-state index contributed by atoms with van der Waals surface area (Å²) in [7, 11) is 0. The maximum absolute atomic E-state index is 14.7. The second-order valence-electron chi connectivity index (χ2n) is 9.94. The van der Waals surface area contributed by atoms with Crippen LogP contribution >= 0.6 is 0 Å².